The lowest BCUT2D eigenvalue weighted by molar-refractivity contribution is 0.460. The van der Waals surface area contributed by atoms with Crippen molar-refractivity contribution in [1.29, 1.82) is 0 Å². The summed E-state index contributed by atoms with van der Waals surface area (Å²) in [5.41, 5.74) is 2.08. The van der Waals surface area contributed by atoms with Crippen molar-refractivity contribution in [3.63, 3.8) is 0 Å². The summed E-state index contributed by atoms with van der Waals surface area (Å²) in [7, 11) is 0. The predicted molar refractivity (Wildman–Crippen MR) is 72.7 cm³/mol. The second-order valence-electron chi connectivity index (χ2n) is 3.92. The standard InChI is InChI=1S/C13H14ClNOS/c1-9(11-6-13(14)17-8-11)15-7-10-4-2-3-5-12(10)16/h2-6,8-9,15-16H,7H2,1H3. The van der Waals surface area contributed by atoms with Gasteiger partial charge < -0.3 is 10.4 Å². The fraction of sp³-hybridized carbons (Fsp3) is 0.231. The molecular weight excluding hydrogens is 254 g/mol. The van der Waals surface area contributed by atoms with E-state index in [9.17, 15) is 5.11 Å². The van der Waals surface area contributed by atoms with Crippen LogP contribution in [0.4, 0.5) is 0 Å². The highest BCUT2D eigenvalue weighted by atomic mass is 35.5. The first-order chi connectivity index (χ1) is 8.16. The lowest BCUT2D eigenvalue weighted by Crippen LogP contribution is -2.17. The Labute approximate surface area is 110 Å². The number of para-hydroxylation sites is 1. The summed E-state index contributed by atoms with van der Waals surface area (Å²) in [5, 5.41) is 15.0. The minimum absolute atomic E-state index is 0.221. The van der Waals surface area contributed by atoms with Gasteiger partial charge in [-0.15, -0.1) is 11.3 Å². The van der Waals surface area contributed by atoms with Crippen molar-refractivity contribution < 1.29 is 5.11 Å². The van der Waals surface area contributed by atoms with Gasteiger partial charge in [-0.1, -0.05) is 29.8 Å². The normalized spacial score (nSPS) is 12.6. The third-order valence-electron chi connectivity index (χ3n) is 2.68. The molecule has 1 aromatic heterocycles. The lowest BCUT2D eigenvalue weighted by atomic mass is 10.1. The third-order valence-corrected chi connectivity index (χ3v) is 3.79. The molecule has 0 bridgehead atoms. The minimum Gasteiger partial charge on any atom is -0.508 e. The highest BCUT2D eigenvalue weighted by Gasteiger charge is 2.08. The summed E-state index contributed by atoms with van der Waals surface area (Å²) in [4.78, 5) is 0. The number of rotatable bonds is 4. The van der Waals surface area contributed by atoms with Gasteiger partial charge in [0.05, 0.1) is 4.34 Å². The van der Waals surface area contributed by atoms with Crippen LogP contribution in [0.5, 0.6) is 5.75 Å². The molecule has 0 saturated heterocycles. The monoisotopic (exact) mass is 267 g/mol. The van der Waals surface area contributed by atoms with Crippen LogP contribution < -0.4 is 5.32 Å². The molecular formula is C13H14ClNOS. The first kappa shape index (κ1) is 12.4. The SMILES string of the molecule is CC(NCc1ccccc1O)c1csc(Cl)c1. The molecule has 0 saturated carbocycles. The van der Waals surface area contributed by atoms with Gasteiger partial charge in [-0.25, -0.2) is 0 Å². The van der Waals surface area contributed by atoms with Gasteiger partial charge in [0.2, 0.25) is 0 Å². The summed E-state index contributed by atoms with van der Waals surface area (Å²) >= 11 is 7.43. The Morgan fingerprint density at radius 3 is 2.82 bits per heavy atom. The largest absolute Gasteiger partial charge is 0.508 e. The van der Waals surface area contributed by atoms with Gasteiger partial charge in [0.15, 0.2) is 0 Å². The van der Waals surface area contributed by atoms with E-state index in [0.717, 1.165) is 9.90 Å². The van der Waals surface area contributed by atoms with Crippen molar-refractivity contribution in [2.45, 2.75) is 19.5 Å². The van der Waals surface area contributed by atoms with E-state index in [0.29, 0.717) is 12.3 Å². The van der Waals surface area contributed by atoms with E-state index in [1.54, 1.807) is 6.07 Å². The maximum Gasteiger partial charge on any atom is 0.120 e. The maximum atomic E-state index is 9.64. The van der Waals surface area contributed by atoms with Crippen LogP contribution in [0.2, 0.25) is 4.34 Å². The molecule has 0 spiro atoms. The maximum absolute atomic E-state index is 9.64. The van der Waals surface area contributed by atoms with Gasteiger partial charge in [-0.3, -0.25) is 0 Å². The van der Waals surface area contributed by atoms with E-state index in [4.69, 9.17) is 11.6 Å². The molecule has 1 heterocycles. The fourth-order valence-corrected chi connectivity index (χ4v) is 2.58. The average Bonchev–Trinajstić information content (AvgIpc) is 2.74. The van der Waals surface area contributed by atoms with E-state index in [-0.39, 0.29) is 6.04 Å². The molecule has 2 rings (SSSR count). The zero-order valence-corrected chi connectivity index (χ0v) is 11.1. The Kier molecular flexibility index (Phi) is 4.05. The van der Waals surface area contributed by atoms with Crippen molar-refractivity contribution in [3.8, 4) is 5.75 Å². The van der Waals surface area contributed by atoms with Crippen LogP contribution in [0, 0.1) is 0 Å². The van der Waals surface area contributed by atoms with E-state index >= 15 is 0 Å². The van der Waals surface area contributed by atoms with E-state index < -0.39 is 0 Å². The molecule has 4 heteroatoms. The van der Waals surface area contributed by atoms with Crippen molar-refractivity contribution in [1.82, 2.24) is 5.32 Å². The van der Waals surface area contributed by atoms with Crippen LogP contribution in [-0.4, -0.2) is 5.11 Å². The first-order valence-corrected chi connectivity index (χ1v) is 6.67. The molecule has 17 heavy (non-hydrogen) atoms. The summed E-state index contributed by atoms with van der Waals surface area (Å²) in [5.74, 6) is 0.329. The lowest BCUT2D eigenvalue weighted by Gasteiger charge is -2.13. The van der Waals surface area contributed by atoms with Crippen LogP contribution in [0.15, 0.2) is 35.7 Å². The summed E-state index contributed by atoms with van der Waals surface area (Å²) in [6, 6.07) is 9.54. The number of benzene rings is 1. The zero-order valence-electron chi connectivity index (χ0n) is 9.48. The van der Waals surface area contributed by atoms with Crippen LogP contribution in [0.1, 0.15) is 24.1 Å². The van der Waals surface area contributed by atoms with Crippen LogP contribution in [0.25, 0.3) is 0 Å². The summed E-state index contributed by atoms with van der Waals surface area (Å²) in [6.07, 6.45) is 0. The third kappa shape index (κ3) is 3.22. The molecule has 2 aromatic rings. The molecule has 1 aromatic carbocycles. The number of halogens is 1. The van der Waals surface area contributed by atoms with E-state index in [1.165, 1.54) is 16.9 Å². The molecule has 0 fully saturated rings. The molecule has 0 aliphatic rings. The highest BCUT2D eigenvalue weighted by molar-refractivity contribution is 7.14. The van der Waals surface area contributed by atoms with Crippen LogP contribution in [-0.2, 0) is 6.54 Å². The van der Waals surface area contributed by atoms with Crippen molar-refractivity contribution in [2.24, 2.45) is 0 Å². The Morgan fingerprint density at radius 1 is 1.41 bits per heavy atom. The number of phenols is 1. The molecule has 0 aliphatic carbocycles. The van der Waals surface area contributed by atoms with Gasteiger partial charge in [-0.05, 0) is 30.0 Å². The molecule has 1 unspecified atom stereocenters. The molecule has 2 N–H and O–H groups in total. The Balaban J connectivity index is 1.97. The van der Waals surface area contributed by atoms with Crippen molar-refractivity contribution >= 4 is 22.9 Å². The van der Waals surface area contributed by atoms with Gasteiger partial charge in [0.25, 0.3) is 0 Å². The predicted octanol–water partition coefficient (Wildman–Crippen LogP) is 3.96. The molecule has 0 aliphatic heterocycles. The second-order valence-corrected chi connectivity index (χ2v) is 5.46. The van der Waals surface area contributed by atoms with E-state index in [2.05, 4.69) is 12.2 Å². The second kappa shape index (κ2) is 5.54. The molecule has 90 valence electrons. The minimum atomic E-state index is 0.221. The number of phenolic OH excluding ortho intramolecular Hbond substituents is 1. The topological polar surface area (TPSA) is 32.3 Å². The van der Waals surface area contributed by atoms with Gasteiger partial charge in [-0.2, -0.15) is 0 Å². The Bertz CT molecular complexity index is 498. The van der Waals surface area contributed by atoms with Crippen LogP contribution in [0.3, 0.4) is 0 Å². The van der Waals surface area contributed by atoms with Gasteiger partial charge in [0.1, 0.15) is 5.75 Å². The molecule has 0 radical (unpaired) electrons. The van der Waals surface area contributed by atoms with Crippen molar-refractivity contribution in [2.75, 3.05) is 0 Å². The van der Waals surface area contributed by atoms with E-state index in [1.807, 2.05) is 29.6 Å². The van der Waals surface area contributed by atoms with Gasteiger partial charge in [0, 0.05) is 18.2 Å². The first-order valence-electron chi connectivity index (χ1n) is 5.41. The number of hydrogen-bond donors (Lipinski definition) is 2. The summed E-state index contributed by atoms with van der Waals surface area (Å²) < 4.78 is 0.802. The van der Waals surface area contributed by atoms with Gasteiger partial charge >= 0.3 is 0 Å². The highest BCUT2D eigenvalue weighted by Crippen LogP contribution is 2.25. The average molecular weight is 268 g/mol. The molecule has 2 nitrogen and oxygen atoms in total. The summed E-state index contributed by atoms with van der Waals surface area (Å²) in [6.45, 7) is 2.72. The quantitative estimate of drug-likeness (QED) is 0.879. The number of nitrogens with one attached hydrogen (secondary N) is 1. The number of aromatic hydroxyl groups is 1. The molecule has 1 atom stereocenters. The zero-order chi connectivity index (χ0) is 12.3. The number of hydrogen-bond acceptors (Lipinski definition) is 3. The number of thiophene rings is 1. The Hall–Kier alpha value is -1.03. The smallest absolute Gasteiger partial charge is 0.120 e. The Morgan fingerprint density at radius 2 is 2.18 bits per heavy atom. The van der Waals surface area contributed by atoms with Crippen molar-refractivity contribution in [3.05, 3.63) is 51.2 Å². The van der Waals surface area contributed by atoms with Crippen LogP contribution >= 0.6 is 22.9 Å². The molecule has 0 amide bonds. The fourth-order valence-electron chi connectivity index (χ4n) is 1.59.